The average molecular weight is 431 g/mol. The summed E-state index contributed by atoms with van der Waals surface area (Å²) in [5, 5.41) is 11.0. The van der Waals surface area contributed by atoms with Gasteiger partial charge in [-0.15, -0.1) is 11.3 Å². The SMILES string of the molecule is CCC(O)(O[Si](C)(C)C(C)(C)C)c1sc(Br)nc1Br. The molecule has 3 nitrogen and oxygen atoms in total. The molecule has 0 aromatic carbocycles. The van der Waals surface area contributed by atoms with Gasteiger partial charge in [0, 0.05) is 6.42 Å². The van der Waals surface area contributed by atoms with Crippen LogP contribution < -0.4 is 0 Å². The Kier molecular flexibility index (Phi) is 5.47. The Balaban J connectivity index is 3.16. The molecule has 0 saturated carbocycles. The van der Waals surface area contributed by atoms with Crippen molar-refractivity contribution >= 4 is 51.5 Å². The van der Waals surface area contributed by atoms with Crippen molar-refractivity contribution in [1.29, 1.82) is 0 Å². The number of rotatable bonds is 4. The van der Waals surface area contributed by atoms with E-state index < -0.39 is 14.1 Å². The fraction of sp³-hybridized carbons (Fsp3) is 0.750. The maximum absolute atomic E-state index is 10.9. The van der Waals surface area contributed by atoms with Gasteiger partial charge in [0.1, 0.15) is 4.60 Å². The standard InChI is InChI=1S/C12H21Br2NO2SSi/c1-7-12(16,8-9(13)15-10(14)18-8)17-19(5,6)11(2,3)4/h16H,7H2,1-6H3. The molecule has 0 fully saturated rings. The summed E-state index contributed by atoms with van der Waals surface area (Å²) in [5.74, 6) is -1.27. The van der Waals surface area contributed by atoms with E-state index in [4.69, 9.17) is 4.43 Å². The van der Waals surface area contributed by atoms with E-state index in [-0.39, 0.29) is 5.04 Å². The molecule has 0 amide bonds. The van der Waals surface area contributed by atoms with Gasteiger partial charge in [-0.3, -0.25) is 0 Å². The first-order valence-corrected chi connectivity index (χ1v) is 11.5. The molecule has 1 aromatic heterocycles. The Morgan fingerprint density at radius 1 is 1.32 bits per heavy atom. The lowest BCUT2D eigenvalue weighted by Crippen LogP contribution is -2.48. The normalized spacial score (nSPS) is 16.5. The lowest BCUT2D eigenvalue weighted by molar-refractivity contribution is -0.155. The molecule has 0 spiro atoms. The predicted molar refractivity (Wildman–Crippen MR) is 90.0 cm³/mol. The van der Waals surface area contributed by atoms with Crippen LogP contribution in [0.2, 0.25) is 18.1 Å². The molecule has 19 heavy (non-hydrogen) atoms. The van der Waals surface area contributed by atoms with Crippen LogP contribution in [-0.4, -0.2) is 18.4 Å². The topological polar surface area (TPSA) is 42.4 Å². The molecule has 110 valence electrons. The van der Waals surface area contributed by atoms with Crippen molar-refractivity contribution in [3.05, 3.63) is 13.4 Å². The maximum Gasteiger partial charge on any atom is 0.196 e. The van der Waals surface area contributed by atoms with E-state index in [9.17, 15) is 5.11 Å². The summed E-state index contributed by atoms with van der Waals surface area (Å²) in [6, 6.07) is 0. The van der Waals surface area contributed by atoms with Gasteiger partial charge < -0.3 is 9.53 Å². The van der Waals surface area contributed by atoms with Crippen molar-refractivity contribution in [2.75, 3.05) is 0 Å². The molecule has 1 rings (SSSR count). The van der Waals surface area contributed by atoms with Crippen LogP contribution in [0.5, 0.6) is 0 Å². The van der Waals surface area contributed by atoms with E-state index in [0.717, 1.165) is 8.79 Å². The van der Waals surface area contributed by atoms with Crippen molar-refractivity contribution in [1.82, 2.24) is 4.98 Å². The molecule has 0 aliphatic heterocycles. The number of aromatic nitrogens is 1. The third kappa shape index (κ3) is 3.88. The number of nitrogens with zero attached hydrogens (tertiary/aromatic N) is 1. The van der Waals surface area contributed by atoms with Gasteiger partial charge in [-0.05, 0) is 50.0 Å². The number of thiazole rings is 1. The molecule has 0 bridgehead atoms. The van der Waals surface area contributed by atoms with Crippen molar-refractivity contribution in [2.24, 2.45) is 0 Å². The van der Waals surface area contributed by atoms with Crippen LogP contribution in [0, 0.1) is 0 Å². The fourth-order valence-electron chi connectivity index (χ4n) is 1.37. The van der Waals surface area contributed by atoms with Gasteiger partial charge in [-0.1, -0.05) is 27.7 Å². The second kappa shape index (κ2) is 5.85. The Labute approximate surface area is 137 Å². The van der Waals surface area contributed by atoms with E-state index in [2.05, 4.69) is 70.7 Å². The van der Waals surface area contributed by atoms with Crippen LogP contribution in [-0.2, 0) is 10.2 Å². The van der Waals surface area contributed by atoms with Crippen molar-refractivity contribution in [3.63, 3.8) is 0 Å². The first-order chi connectivity index (χ1) is 8.43. The number of hydrogen-bond donors (Lipinski definition) is 1. The minimum atomic E-state index is -2.06. The highest BCUT2D eigenvalue weighted by molar-refractivity contribution is 9.11. The quantitative estimate of drug-likeness (QED) is 0.524. The van der Waals surface area contributed by atoms with Crippen LogP contribution in [0.25, 0.3) is 0 Å². The second-order valence-electron chi connectivity index (χ2n) is 6.09. The summed E-state index contributed by atoms with van der Waals surface area (Å²) < 4.78 is 7.62. The zero-order chi connectivity index (χ0) is 15.1. The smallest absolute Gasteiger partial charge is 0.196 e. The van der Waals surface area contributed by atoms with E-state index in [1.54, 1.807) is 0 Å². The lowest BCUT2D eigenvalue weighted by Gasteiger charge is -2.42. The first kappa shape index (κ1) is 17.8. The zero-order valence-electron chi connectivity index (χ0n) is 12.2. The molecular weight excluding hydrogens is 410 g/mol. The van der Waals surface area contributed by atoms with E-state index in [1.807, 2.05) is 6.92 Å². The van der Waals surface area contributed by atoms with Gasteiger partial charge in [0.2, 0.25) is 0 Å². The molecule has 0 aliphatic rings. The molecule has 1 unspecified atom stereocenters. The molecule has 1 N–H and O–H groups in total. The highest BCUT2D eigenvalue weighted by Crippen LogP contribution is 2.45. The molecule has 1 heterocycles. The molecule has 0 radical (unpaired) electrons. The monoisotopic (exact) mass is 429 g/mol. The summed E-state index contributed by atoms with van der Waals surface area (Å²) in [6.07, 6.45) is 0.493. The highest BCUT2D eigenvalue weighted by atomic mass is 79.9. The summed E-state index contributed by atoms with van der Waals surface area (Å²) in [6.45, 7) is 12.7. The Hall–Kier alpha value is 0.727. The highest BCUT2D eigenvalue weighted by Gasteiger charge is 2.45. The van der Waals surface area contributed by atoms with Crippen molar-refractivity contribution < 1.29 is 9.53 Å². The van der Waals surface area contributed by atoms with Crippen molar-refractivity contribution in [3.8, 4) is 0 Å². The maximum atomic E-state index is 10.9. The molecule has 1 aromatic rings. The third-order valence-corrected chi connectivity index (χ3v) is 10.6. The molecule has 7 heteroatoms. The van der Waals surface area contributed by atoms with Gasteiger partial charge in [0.15, 0.2) is 18.0 Å². The van der Waals surface area contributed by atoms with Crippen LogP contribution in [0.4, 0.5) is 0 Å². The fourth-order valence-corrected chi connectivity index (χ4v) is 5.37. The van der Waals surface area contributed by atoms with Crippen molar-refractivity contribution in [2.45, 2.75) is 58.0 Å². The Bertz CT molecular complexity index is 459. The predicted octanol–water partition coefficient (Wildman–Crippen LogP) is 5.25. The Morgan fingerprint density at radius 2 is 1.84 bits per heavy atom. The van der Waals surface area contributed by atoms with Crippen LogP contribution >= 0.6 is 43.2 Å². The second-order valence-corrected chi connectivity index (χ2v) is 13.8. The average Bonchev–Trinajstić information content (AvgIpc) is 2.56. The largest absolute Gasteiger partial charge is 0.386 e. The minimum Gasteiger partial charge on any atom is -0.386 e. The minimum absolute atomic E-state index is 0.0462. The molecular formula is C12H21Br2NO2SSi. The number of aliphatic hydroxyl groups is 1. The third-order valence-electron chi connectivity index (χ3n) is 3.62. The van der Waals surface area contributed by atoms with Crippen LogP contribution in [0.15, 0.2) is 8.52 Å². The van der Waals surface area contributed by atoms with Gasteiger partial charge >= 0.3 is 0 Å². The zero-order valence-corrected chi connectivity index (χ0v) is 17.2. The van der Waals surface area contributed by atoms with Gasteiger partial charge in [-0.2, -0.15) is 0 Å². The number of halogens is 2. The van der Waals surface area contributed by atoms with Crippen LogP contribution in [0.1, 0.15) is 39.0 Å². The molecule has 1 atom stereocenters. The number of hydrogen-bond acceptors (Lipinski definition) is 4. The first-order valence-electron chi connectivity index (χ1n) is 6.18. The molecule has 0 saturated heterocycles. The van der Waals surface area contributed by atoms with E-state index >= 15 is 0 Å². The Morgan fingerprint density at radius 3 is 2.16 bits per heavy atom. The summed E-state index contributed by atoms with van der Waals surface area (Å²) >= 11 is 8.15. The summed E-state index contributed by atoms with van der Waals surface area (Å²) in [5.41, 5.74) is 0. The lowest BCUT2D eigenvalue weighted by atomic mass is 10.2. The summed E-state index contributed by atoms with van der Waals surface area (Å²) in [4.78, 5) is 4.97. The van der Waals surface area contributed by atoms with Crippen LogP contribution in [0.3, 0.4) is 0 Å². The van der Waals surface area contributed by atoms with E-state index in [0.29, 0.717) is 11.0 Å². The summed E-state index contributed by atoms with van der Waals surface area (Å²) in [7, 11) is -2.06. The van der Waals surface area contributed by atoms with Gasteiger partial charge in [0.25, 0.3) is 0 Å². The molecule has 0 aliphatic carbocycles. The van der Waals surface area contributed by atoms with Gasteiger partial charge in [-0.25, -0.2) is 4.98 Å². The van der Waals surface area contributed by atoms with E-state index in [1.165, 1.54) is 11.3 Å². The van der Waals surface area contributed by atoms with Gasteiger partial charge in [0.05, 0.1) is 4.88 Å².